The fourth-order valence-corrected chi connectivity index (χ4v) is 2.20. The minimum atomic E-state index is 0. The lowest BCUT2D eigenvalue weighted by Gasteiger charge is -2.05. The zero-order valence-corrected chi connectivity index (χ0v) is 20.1. The summed E-state index contributed by atoms with van der Waals surface area (Å²) >= 11 is 0. The monoisotopic (exact) mass is 470 g/mol. The Bertz CT molecular complexity index is 293. The van der Waals surface area contributed by atoms with Gasteiger partial charge in [0.1, 0.15) is 0 Å². The number of unbranched alkanes of at least 4 members (excludes halogenated alkanes) is 4. The number of hydrogen-bond donors (Lipinski definition) is 4. The molecular formula is C17H42Cl4N6. The van der Waals surface area contributed by atoms with E-state index in [0.717, 1.165) is 52.1 Å². The SMILES string of the molecule is CC(N)=NCCCNCCCCCCCNCCCN=C(C)N.Cl.Cl.Cl.Cl. The number of amidine groups is 2. The van der Waals surface area contributed by atoms with E-state index in [1.165, 1.54) is 32.1 Å². The second-order valence-electron chi connectivity index (χ2n) is 6.02. The molecule has 27 heavy (non-hydrogen) atoms. The maximum atomic E-state index is 5.48. The van der Waals surface area contributed by atoms with Gasteiger partial charge in [-0.15, -0.1) is 49.6 Å². The van der Waals surface area contributed by atoms with Gasteiger partial charge in [-0.25, -0.2) is 0 Å². The molecule has 0 bridgehead atoms. The number of aliphatic imine (C=N–C) groups is 2. The molecule has 0 aromatic heterocycles. The Morgan fingerprint density at radius 1 is 0.556 bits per heavy atom. The summed E-state index contributed by atoms with van der Waals surface area (Å²) in [6.45, 7) is 9.64. The third-order valence-electron chi connectivity index (χ3n) is 3.45. The summed E-state index contributed by atoms with van der Waals surface area (Å²) in [4.78, 5) is 8.34. The van der Waals surface area contributed by atoms with Gasteiger partial charge in [-0.05, 0) is 65.7 Å². The predicted molar refractivity (Wildman–Crippen MR) is 131 cm³/mol. The Kier molecular flexibility index (Phi) is 43.0. The molecular weight excluding hydrogens is 430 g/mol. The molecule has 6 nitrogen and oxygen atoms in total. The average molecular weight is 472 g/mol. The molecule has 0 atom stereocenters. The van der Waals surface area contributed by atoms with Crippen molar-refractivity contribution in [1.82, 2.24) is 10.6 Å². The first-order chi connectivity index (χ1) is 11.1. The van der Waals surface area contributed by atoms with Gasteiger partial charge < -0.3 is 22.1 Å². The van der Waals surface area contributed by atoms with Crippen LogP contribution < -0.4 is 22.1 Å². The Morgan fingerprint density at radius 2 is 0.852 bits per heavy atom. The fourth-order valence-electron chi connectivity index (χ4n) is 2.20. The normalized spacial score (nSPS) is 10.9. The van der Waals surface area contributed by atoms with Crippen LogP contribution in [0.15, 0.2) is 9.98 Å². The molecule has 6 N–H and O–H groups in total. The van der Waals surface area contributed by atoms with Gasteiger partial charge in [0, 0.05) is 13.1 Å². The number of hydrogen-bond acceptors (Lipinski definition) is 4. The van der Waals surface area contributed by atoms with Crippen molar-refractivity contribution in [1.29, 1.82) is 0 Å². The number of rotatable bonds is 16. The zero-order valence-electron chi connectivity index (χ0n) is 16.9. The number of nitrogens with two attached hydrogens (primary N) is 2. The Labute approximate surface area is 191 Å². The van der Waals surface area contributed by atoms with Crippen molar-refractivity contribution in [2.24, 2.45) is 21.5 Å². The average Bonchev–Trinajstić information content (AvgIpc) is 2.49. The van der Waals surface area contributed by atoms with E-state index in [0.29, 0.717) is 11.7 Å². The highest BCUT2D eigenvalue weighted by atomic mass is 35.5. The summed E-state index contributed by atoms with van der Waals surface area (Å²) < 4.78 is 0. The van der Waals surface area contributed by atoms with Crippen LogP contribution in [0.4, 0.5) is 0 Å². The largest absolute Gasteiger partial charge is 0.388 e. The first-order valence-electron chi connectivity index (χ1n) is 9.07. The molecule has 0 rings (SSSR count). The molecule has 0 saturated heterocycles. The van der Waals surface area contributed by atoms with Crippen LogP contribution in [0.25, 0.3) is 0 Å². The molecule has 168 valence electrons. The minimum absolute atomic E-state index is 0. The zero-order chi connectivity index (χ0) is 17.2. The van der Waals surface area contributed by atoms with Crippen molar-refractivity contribution in [3.8, 4) is 0 Å². The summed E-state index contributed by atoms with van der Waals surface area (Å²) in [7, 11) is 0. The van der Waals surface area contributed by atoms with Crippen LogP contribution in [0.3, 0.4) is 0 Å². The topological polar surface area (TPSA) is 101 Å². The number of nitrogens with zero attached hydrogens (tertiary/aromatic N) is 2. The maximum absolute atomic E-state index is 5.48. The lowest BCUT2D eigenvalue weighted by Crippen LogP contribution is -2.18. The van der Waals surface area contributed by atoms with Gasteiger partial charge in [-0.3, -0.25) is 9.98 Å². The highest BCUT2D eigenvalue weighted by molar-refractivity contribution is 5.86. The van der Waals surface area contributed by atoms with E-state index in [2.05, 4.69) is 20.6 Å². The first-order valence-corrected chi connectivity index (χ1v) is 9.07. The smallest absolute Gasteiger partial charge is 0.0905 e. The molecule has 0 heterocycles. The van der Waals surface area contributed by atoms with Crippen molar-refractivity contribution < 1.29 is 0 Å². The molecule has 0 saturated carbocycles. The van der Waals surface area contributed by atoms with Gasteiger partial charge in [0.05, 0.1) is 11.7 Å². The predicted octanol–water partition coefficient (Wildman–Crippen LogP) is 3.34. The van der Waals surface area contributed by atoms with E-state index in [1.54, 1.807) is 0 Å². The summed E-state index contributed by atoms with van der Waals surface area (Å²) in [6.07, 6.45) is 8.63. The van der Waals surface area contributed by atoms with Crippen LogP contribution in [0.1, 0.15) is 58.8 Å². The molecule has 0 unspecified atom stereocenters. The molecule has 0 aliphatic carbocycles. The highest BCUT2D eigenvalue weighted by Crippen LogP contribution is 2.01. The summed E-state index contributed by atoms with van der Waals surface area (Å²) in [5, 5.41) is 6.91. The van der Waals surface area contributed by atoms with Crippen molar-refractivity contribution in [2.45, 2.75) is 58.8 Å². The third-order valence-corrected chi connectivity index (χ3v) is 3.45. The molecule has 0 amide bonds. The highest BCUT2D eigenvalue weighted by Gasteiger charge is 1.93. The van der Waals surface area contributed by atoms with E-state index < -0.39 is 0 Å². The van der Waals surface area contributed by atoms with Crippen molar-refractivity contribution in [3.63, 3.8) is 0 Å². The summed E-state index contributed by atoms with van der Waals surface area (Å²) in [5.74, 6) is 1.36. The number of nitrogens with one attached hydrogen (secondary N) is 2. The molecule has 10 heteroatoms. The van der Waals surface area contributed by atoms with E-state index in [4.69, 9.17) is 11.5 Å². The van der Waals surface area contributed by atoms with Crippen LogP contribution in [0, 0.1) is 0 Å². The van der Waals surface area contributed by atoms with E-state index in [9.17, 15) is 0 Å². The summed E-state index contributed by atoms with van der Waals surface area (Å²) in [6, 6.07) is 0. The van der Waals surface area contributed by atoms with Crippen molar-refractivity contribution in [3.05, 3.63) is 0 Å². The maximum Gasteiger partial charge on any atom is 0.0905 e. The lowest BCUT2D eigenvalue weighted by atomic mass is 10.1. The van der Waals surface area contributed by atoms with Gasteiger partial charge in [-0.2, -0.15) is 0 Å². The van der Waals surface area contributed by atoms with E-state index in [-0.39, 0.29) is 49.6 Å². The Balaban J connectivity index is -0.000000403. The van der Waals surface area contributed by atoms with Crippen LogP contribution >= 0.6 is 49.6 Å². The van der Waals surface area contributed by atoms with Crippen LogP contribution in [-0.2, 0) is 0 Å². The molecule has 0 aromatic carbocycles. The quantitative estimate of drug-likeness (QED) is 0.157. The Morgan fingerprint density at radius 3 is 1.19 bits per heavy atom. The molecule has 0 radical (unpaired) electrons. The standard InChI is InChI=1S/C17H38N6.4ClH/c1-16(18)22-14-8-12-20-10-6-4-3-5-7-11-21-13-9-15-23-17(2)19;;;;/h20-21H,3-15H2,1-2H3,(H2,18,22)(H2,19,23);4*1H. The lowest BCUT2D eigenvalue weighted by molar-refractivity contribution is 0.550. The number of halogens is 4. The van der Waals surface area contributed by atoms with Gasteiger partial charge >= 0.3 is 0 Å². The van der Waals surface area contributed by atoms with Crippen molar-refractivity contribution >= 4 is 61.3 Å². The van der Waals surface area contributed by atoms with E-state index in [1.807, 2.05) is 13.8 Å². The third kappa shape index (κ3) is 37.5. The molecule has 0 aliphatic heterocycles. The Hall–Kier alpha value is 0.0200. The second-order valence-corrected chi connectivity index (χ2v) is 6.02. The van der Waals surface area contributed by atoms with Crippen LogP contribution in [0.2, 0.25) is 0 Å². The van der Waals surface area contributed by atoms with E-state index >= 15 is 0 Å². The second kappa shape index (κ2) is 30.7. The molecule has 0 aromatic rings. The molecule has 0 spiro atoms. The molecule has 0 fully saturated rings. The van der Waals surface area contributed by atoms with Gasteiger partial charge in [-0.1, -0.05) is 19.3 Å². The van der Waals surface area contributed by atoms with Gasteiger partial charge in [0.25, 0.3) is 0 Å². The fraction of sp³-hybridized carbons (Fsp3) is 0.882. The van der Waals surface area contributed by atoms with Crippen LogP contribution in [-0.4, -0.2) is 50.9 Å². The van der Waals surface area contributed by atoms with Gasteiger partial charge in [0.15, 0.2) is 0 Å². The first kappa shape index (κ1) is 37.7. The van der Waals surface area contributed by atoms with Crippen molar-refractivity contribution in [2.75, 3.05) is 39.3 Å². The van der Waals surface area contributed by atoms with Crippen LogP contribution in [0.5, 0.6) is 0 Å². The van der Waals surface area contributed by atoms with Gasteiger partial charge in [0.2, 0.25) is 0 Å². The molecule has 0 aliphatic rings. The summed E-state index contributed by atoms with van der Waals surface area (Å²) in [5.41, 5.74) is 11.0. The minimum Gasteiger partial charge on any atom is -0.388 e.